The number of thiocarbonyl (C=S) groups is 1. The van der Waals surface area contributed by atoms with Crippen LogP contribution in [-0.4, -0.2) is 15.2 Å². The number of thioether (sulfide) groups is 1. The first-order valence-corrected chi connectivity index (χ1v) is 7.86. The summed E-state index contributed by atoms with van der Waals surface area (Å²) in [5.74, 6) is -0.190. The van der Waals surface area contributed by atoms with Gasteiger partial charge in [0.2, 0.25) is 0 Å². The number of anilines is 1. The molecule has 2 aromatic rings. The number of carbonyl (C=O) groups excluding carboxylic acids is 1. The fourth-order valence-corrected chi connectivity index (χ4v) is 3.41. The van der Waals surface area contributed by atoms with Crippen molar-refractivity contribution in [3.05, 3.63) is 75.2 Å². The number of rotatable bonds is 3. The van der Waals surface area contributed by atoms with Crippen LogP contribution < -0.4 is 4.90 Å². The molecule has 1 fully saturated rings. The Kier molecular flexibility index (Phi) is 4.22. The van der Waals surface area contributed by atoms with Crippen LogP contribution in [0.3, 0.4) is 0 Å². The number of nitro groups is 1. The molecule has 0 radical (unpaired) electrons. The van der Waals surface area contributed by atoms with Gasteiger partial charge in [-0.15, -0.1) is 0 Å². The summed E-state index contributed by atoms with van der Waals surface area (Å²) in [4.78, 5) is 24.7. The zero-order valence-corrected chi connectivity index (χ0v) is 13.3. The summed E-state index contributed by atoms with van der Waals surface area (Å²) in [5, 5.41) is 10.7. The first-order valence-electron chi connectivity index (χ1n) is 6.64. The predicted octanol–water partition coefficient (Wildman–Crippen LogP) is 4.00. The maximum Gasteiger partial charge on any atom is 0.270 e. The second-order valence-electron chi connectivity index (χ2n) is 4.70. The van der Waals surface area contributed by atoms with E-state index in [2.05, 4.69) is 0 Å². The molecule has 0 aromatic heterocycles. The van der Waals surface area contributed by atoms with Crippen LogP contribution in [0.4, 0.5) is 11.4 Å². The van der Waals surface area contributed by atoms with Gasteiger partial charge in [-0.25, -0.2) is 0 Å². The van der Waals surface area contributed by atoms with E-state index in [1.165, 1.54) is 28.8 Å². The second-order valence-corrected chi connectivity index (χ2v) is 6.38. The Morgan fingerprint density at radius 1 is 1.09 bits per heavy atom. The van der Waals surface area contributed by atoms with Gasteiger partial charge in [0, 0.05) is 12.1 Å². The lowest BCUT2D eigenvalue weighted by atomic mass is 10.2. The van der Waals surface area contributed by atoms with E-state index >= 15 is 0 Å². The number of hydrogen-bond donors (Lipinski definition) is 0. The molecule has 0 N–H and O–H groups in total. The fraction of sp³-hybridized carbons (Fsp3) is 0. The molecule has 1 saturated heterocycles. The van der Waals surface area contributed by atoms with Gasteiger partial charge in [0.25, 0.3) is 11.6 Å². The number of para-hydroxylation sites is 1. The van der Waals surface area contributed by atoms with E-state index in [9.17, 15) is 14.9 Å². The van der Waals surface area contributed by atoms with E-state index in [0.717, 1.165) is 5.69 Å². The number of nitro benzene ring substituents is 1. The van der Waals surface area contributed by atoms with Crippen molar-refractivity contribution in [3.8, 4) is 0 Å². The predicted molar refractivity (Wildman–Crippen MR) is 95.2 cm³/mol. The minimum atomic E-state index is -0.460. The highest BCUT2D eigenvalue weighted by molar-refractivity contribution is 8.27. The van der Waals surface area contributed by atoms with Crippen molar-refractivity contribution in [1.29, 1.82) is 0 Å². The van der Waals surface area contributed by atoms with Gasteiger partial charge < -0.3 is 0 Å². The molecule has 7 heteroatoms. The van der Waals surface area contributed by atoms with Crippen molar-refractivity contribution in [2.75, 3.05) is 4.90 Å². The minimum Gasteiger partial charge on any atom is -0.268 e. The average molecular weight is 342 g/mol. The van der Waals surface area contributed by atoms with Crippen molar-refractivity contribution in [2.24, 2.45) is 0 Å². The van der Waals surface area contributed by atoms with Crippen molar-refractivity contribution in [2.45, 2.75) is 0 Å². The topological polar surface area (TPSA) is 63.4 Å². The lowest BCUT2D eigenvalue weighted by Gasteiger charge is -2.13. The summed E-state index contributed by atoms with van der Waals surface area (Å²) in [7, 11) is 0. The Labute approximate surface area is 141 Å². The molecule has 0 bridgehead atoms. The Balaban J connectivity index is 1.88. The van der Waals surface area contributed by atoms with Crippen LogP contribution in [0.15, 0.2) is 59.5 Å². The molecule has 114 valence electrons. The van der Waals surface area contributed by atoms with Gasteiger partial charge in [-0.1, -0.05) is 42.2 Å². The van der Waals surface area contributed by atoms with E-state index in [-0.39, 0.29) is 11.6 Å². The molecule has 2 aromatic carbocycles. The fourth-order valence-electron chi connectivity index (χ4n) is 2.11. The summed E-state index contributed by atoms with van der Waals surface area (Å²) in [6, 6.07) is 15.2. The Bertz CT molecular complexity index is 817. The second kappa shape index (κ2) is 6.31. The van der Waals surface area contributed by atoms with E-state index < -0.39 is 4.92 Å². The standard InChI is InChI=1S/C16H10N2O3S2/c19-15-14(10-11-6-8-13(9-7-11)18(20)21)23-16(22)17(15)12-4-2-1-3-5-12/h1-10H/b14-10+. The molecule has 1 heterocycles. The van der Waals surface area contributed by atoms with E-state index in [4.69, 9.17) is 12.2 Å². The molecular weight excluding hydrogens is 332 g/mol. The van der Waals surface area contributed by atoms with Crippen molar-refractivity contribution in [3.63, 3.8) is 0 Å². The summed E-state index contributed by atoms with van der Waals surface area (Å²) in [6.07, 6.45) is 1.69. The Morgan fingerprint density at radius 3 is 2.35 bits per heavy atom. The van der Waals surface area contributed by atoms with Crippen molar-refractivity contribution in [1.82, 2.24) is 0 Å². The molecule has 1 aliphatic heterocycles. The van der Waals surface area contributed by atoms with Crippen LogP contribution >= 0.6 is 24.0 Å². The highest BCUT2D eigenvalue weighted by atomic mass is 32.2. The van der Waals surface area contributed by atoms with Crippen molar-refractivity contribution >= 4 is 51.7 Å². The van der Waals surface area contributed by atoms with E-state index in [0.29, 0.717) is 14.8 Å². The number of benzene rings is 2. The van der Waals surface area contributed by atoms with E-state index in [1.807, 2.05) is 30.3 Å². The SMILES string of the molecule is O=C1/C(=C\c2ccc([N+](=O)[O-])cc2)SC(=S)N1c1ccccc1. The van der Waals surface area contributed by atoms with Crippen LogP contribution in [0.5, 0.6) is 0 Å². The molecule has 3 rings (SSSR count). The van der Waals surface area contributed by atoms with Crippen molar-refractivity contribution < 1.29 is 9.72 Å². The molecule has 0 atom stereocenters. The largest absolute Gasteiger partial charge is 0.270 e. The number of nitrogens with zero attached hydrogens (tertiary/aromatic N) is 2. The van der Waals surface area contributed by atoms with Crippen LogP contribution in [0.1, 0.15) is 5.56 Å². The van der Waals surface area contributed by atoms with Gasteiger partial charge in [0.05, 0.1) is 15.5 Å². The smallest absolute Gasteiger partial charge is 0.268 e. The number of carbonyl (C=O) groups is 1. The Hall–Kier alpha value is -2.51. The van der Waals surface area contributed by atoms with Crippen LogP contribution in [0.25, 0.3) is 6.08 Å². The zero-order chi connectivity index (χ0) is 16.4. The average Bonchev–Trinajstić information content (AvgIpc) is 2.82. The van der Waals surface area contributed by atoms with Crippen LogP contribution in [0.2, 0.25) is 0 Å². The highest BCUT2D eigenvalue weighted by Gasteiger charge is 2.33. The monoisotopic (exact) mass is 342 g/mol. The Morgan fingerprint density at radius 2 is 1.74 bits per heavy atom. The van der Waals surface area contributed by atoms with Gasteiger partial charge >= 0.3 is 0 Å². The van der Waals surface area contributed by atoms with Gasteiger partial charge in [-0.2, -0.15) is 0 Å². The molecule has 0 spiro atoms. The van der Waals surface area contributed by atoms with Crippen LogP contribution in [-0.2, 0) is 4.79 Å². The molecule has 0 aliphatic carbocycles. The van der Waals surface area contributed by atoms with Gasteiger partial charge in [-0.05, 0) is 35.9 Å². The third-order valence-corrected chi connectivity index (χ3v) is 4.51. The first-order chi connectivity index (χ1) is 11.1. The molecule has 0 unspecified atom stereocenters. The zero-order valence-electron chi connectivity index (χ0n) is 11.7. The number of hydrogen-bond acceptors (Lipinski definition) is 5. The number of amides is 1. The maximum absolute atomic E-state index is 12.5. The molecule has 1 amide bonds. The lowest BCUT2D eigenvalue weighted by molar-refractivity contribution is -0.384. The van der Waals surface area contributed by atoms with E-state index in [1.54, 1.807) is 18.2 Å². The number of non-ortho nitro benzene ring substituents is 1. The normalized spacial score (nSPS) is 16.2. The maximum atomic E-state index is 12.5. The third kappa shape index (κ3) is 3.15. The minimum absolute atomic E-state index is 0.0129. The quantitative estimate of drug-likeness (QED) is 0.365. The van der Waals surface area contributed by atoms with Gasteiger partial charge in [0.15, 0.2) is 4.32 Å². The summed E-state index contributed by atoms with van der Waals surface area (Å²) in [6.45, 7) is 0. The summed E-state index contributed by atoms with van der Waals surface area (Å²) < 4.78 is 0.467. The van der Waals surface area contributed by atoms with Gasteiger partial charge in [0.1, 0.15) is 0 Å². The van der Waals surface area contributed by atoms with Crippen LogP contribution in [0, 0.1) is 10.1 Å². The summed E-state index contributed by atoms with van der Waals surface area (Å²) in [5.41, 5.74) is 1.45. The highest BCUT2D eigenvalue weighted by Crippen LogP contribution is 2.35. The molecule has 5 nitrogen and oxygen atoms in total. The summed E-state index contributed by atoms with van der Waals surface area (Å²) >= 11 is 6.50. The van der Waals surface area contributed by atoms with Gasteiger partial charge in [-0.3, -0.25) is 19.8 Å². The lowest BCUT2D eigenvalue weighted by Crippen LogP contribution is -2.27. The molecule has 23 heavy (non-hydrogen) atoms. The first kappa shape index (κ1) is 15.4. The molecule has 1 aliphatic rings. The third-order valence-electron chi connectivity index (χ3n) is 3.21. The molecule has 0 saturated carbocycles. The molecular formula is C16H10N2O3S2.